The summed E-state index contributed by atoms with van der Waals surface area (Å²) >= 11 is 0. The molecule has 8 nitrogen and oxygen atoms in total. The van der Waals surface area contributed by atoms with Crippen LogP contribution in [0.3, 0.4) is 0 Å². The van der Waals surface area contributed by atoms with Gasteiger partial charge in [-0.25, -0.2) is 13.2 Å². The lowest BCUT2D eigenvalue weighted by Crippen LogP contribution is -2.43. The minimum Gasteiger partial charge on any atom is -0.491 e. The Bertz CT molecular complexity index is 816. The molecule has 2 aliphatic rings. The van der Waals surface area contributed by atoms with Crippen LogP contribution in [0.1, 0.15) is 36.5 Å². The van der Waals surface area contributed by atoms with Gasteiger partial charge in [0.1, 0.15) is 12.4 Å². The molecule has 0 unspecified atom stereocenters. The third-order valence-corrected chi connectivity index (χ3v) is 6.94. The van der Waals surface area contributed by atoms with Gasteiger partial charge in [-0.1, -0.05) is 0 Å². The molecule has 29 heavy (non-hydrogen) atoms. The summed E-state index contributed by atoms with van der Waals surface area (Å²) in [6.07, 6.45) is 2.56. The SMILES string of the molecule is CCN(C(=O)COC(=O)c1ccc(OC[C@H]2CCCO2)cc1)[C@@H]1CCS(=O)(=O)C1. The number of likely N-dealkylation sites (N-methyl/N-ethyl adjacent to an activating group) is 1. The Labute approximate surface area is 171 Å². The monoisotopic (exact) mass is 425 g/mol. The number of sulfone groups is 1. The highest BCUT2D eigenvalue weighted by Gasteiger charge is 2.34. The van der Waals surface area contributed by atoms with Crippen molar-refractivity contribution in [2.75, 3.05) is 37.9 Å². The molecule has 160 valence electrons. The molecule has 2 aliphatic heterocycles. The Morgan fingerprint density at radius 1 is 1.21 bits per heavy atom. The number of ether oxygens (including phenoxy) is 3. The van der Waals surface area contributed by atoms with E-state index in [0.29, 0.717) is 30.9 Å². The van der Waals surface area contributed by atoms with E-state index in [4.69, 9.17) is 14.2 Å². The second-order valence-electron chi connectivity index (χ2n) is 7.28. The molecule has 0 radical (unpaired) electrons. The second-order valence-corrected chi connectivity index (χ2v) is 9.51. The maximum Gasteiger partial charge on any atom is 0.338 e. The molecule has 1 aromatic rings. The largest absolute Gasteiger partial charge is 0.491 e. The quantitative estimate of drug-likeness (QED) is 0.581. The zero-order valence-corrected chi connectivity index (χ0v) is 17.4. The van der Waals surface area contributed by atoms with E-state index in [1.807, 2.05) is 0 Å². The fraction of sp³-hybridized carbons (Fsp3) is 0.600. The number of hydrogen-bond donors (Lipinski definition) is 0. The Hall–Kier alpha value is -2.13. The summed E-state index contributed by atoms with van der Waals surface area (Å²) in [6, 6.07) is 6.17. The number of hydrogen-bond acceptors (Lipinski definition) is 7. The maximum absolute atomic E-state index is 12.4. The Kier molecular flexibility index (Phi) is 7.13. The van der Waals surface area contributed by atoms with E-state index in [0.717, 1.165) is 19.4 Å². The van der Waals surface area contributed by atoms with Crippen molar-refractivity contribution in [1.82, 2.24) is 4.90 Å². The zero-order chi connectivity index (χ0) is 20.9. The first-order valence-electron chi connectivity index (χ1n) is 9.89. The summed E-state index contributed by atoms with van der Waals surface area (Å²) in [7, 11) is -3.09. The highest BCUT2D eigenvalue weighted by atomic mass is 32.2. The predicted molar refractivity (Wildman–Crippen MR) is 106 cm³/mol. The first-order valence-corrected chi connectivity index (χ1v) is 11.7. The molecule has 0 spiro atoms. The second kappa shape index (κ2) is 9.58. The molecule has 2 atom stereocenters. The third-order valence-electron chi connectivity index (χ3n) is 5.19. The fourth-order valence-corrected chi connectivity index (χ4v) is 5.34. The standard InChI is InChI=1S/C20H27NO7S/c1-2-21(16-9-11-29(24,25)14-16)19(22)13-28-20(23)15-5-7-17(8-6-15)27-12-18-4-3-10-26-18/h5-8,16,18H,2-4,9-14H2,1H3/t16-,18-/m1/s1. The molecule has 0 aromatic heterocycles. The molecule has 2 heterocycles. The smallest absolute Gasteiger partial charge is 0.338 e. The van der Waals surface area contributed by atoms with Crippen LogP contribution in [0.4, 0.5) is 0 Å². The van der Waals surface area contributed by atoms with Crippen molar-refractivity contribution in [3.8, 4) is 5.75 Å². The molecule has 1 aromatic carbocycles. The molecule has 0 saturated carbocycles. The van der Waals surface area contributed by atoms with E-state index in [-0.39, 0.29) is 29.6 Å². The minimum absolute atomic E-state index is 0.0338. The van der Waals surface area contributed by atoms with E-state index in [9.17, 15) is 18.0 Å². The van der Waals surface area contributed by atoms with Crippen LogP contribution in [0.2, 0.25) is 0 Å². The number of carbonyl (C=O) groups is 2. The molecule has 2 fully saturated rings. The van der Waals surface area contributed by atoms with Gasteiger partial charge in [0.2, 0.25) is 0 Å². The van der Waals surface area contributed by atoms with Crippen molar-refractivity contribution in [3.05, 3.63) is 29.8 Å². The van der Waals surface area contributed by atoms with Crippen LogP contribution in [-0.2, 0) is 24.1 Å². The van der Waals surface area contributed by atoms with Crippen molar-refractivity contribution >= 4 is 21.7 Å². The van der Waals surface area contributed by atoms with Crippen molar-refractivity contribution in [1.29, 1.82) is 0 Å². The molecule has 0 N–H and O–H groups in total. The van der Waals surface area contributed by atoms with Crippen LogP contribution in [0.15, 0.2) is 24.3 Å². The van der Waals surface area contributed by atoms with Gasteiger partial charge in [0.05, 0.1) is 23.2 Å². The van der Waals surface area contributed by atoms with Gasteiger partial charge < -0.3 is 19.1 Å². The molecule has 3 rings (SSSR count). The van der Waals surface area contributed by atoms with E-state index in [1.165, 1.54) is 4.90 Å². The summed E-state index contributed by atoms with van der Waals surface area (Å²) in [5.41, 5.74) is 0.314. The topological polar surface area (TPSA) is 99.2 Å². The lowest BCUT2D eigenvalue weighted by molar-refractivity contribution is -0.136. The van der Waals surface area contributed by atoms with Crippen molar-refractivity contribution in [2.45, 2.75) is 38.3 Å². The highest BCUT2D eigenvalue weighted by Crippen LogP contribution is 2.19. The maximum atomic E-state index is 12.4. The summed E-state index contributed by atoms with van der Waals surface area (Å²) < 4.78 is 39.6. The van der Waals surface area contributed by atoms with E-state index >= 15 is 0 Å². The Morgan fingerprint density at radius 3 is 2.55 bits per heavy atom. The molecule has 2 saturated heterocycles. The minimum atomic E-state index is -3.09. The van der Waals surface area contributed by atoms with Gasteiger partial charge in [0, 0.05) is 19.2 Å². The van der Waals surface area contributed by atoms with Gasteiger partial charge in [-0.15, -0.1) is 0 Å². The average Bonchev–Trinajstić information content (AvgIpc) is 3.35. The van der Waals surface area contributed by atoms with Crippen LogP contribution in [-0.4, -0.2) is 75.2 Å². The van der Waals surface area contributed by atoms with Gasteiger partial charge in [-0.05, 0) is 50.5 Å². The number of nitrogens with zero attached hydrogens (tertiary/aromatic N) is 1. The van der Waals surface area contributed by atoms with Crippen LogP contribution in [0.5, 0.6) is 5.75 Å². The first kappa shape index (κ1) is 21.6. The lowest BCUT2D eigenvalue weighted by atomic mass is 10.2. The molecule has 9 heteroatoms. The Balaban J connectivity index is 1.47. The van der Waals surface area contributed by atoms with E-state index in [1.54, 1.807) is 31.2 Å². The van der Waals surface area contributed by atoms with E-state index in [2.05, 4.69) is 0 Å². The summed E-state index contributed by atoms with van der Waals surface area (Å²) in [6.45, 7) is 2.97. The zero-order valence-electron chi connectivity index (χ0n) is 16.5. The molecular weight excluding hydrogens is 398 g/mol. The molecule has 1 amide bonds. The average molecular weight is 426 g/mol. The number of amides is 1. The number of benzene rings is 1. The van der Waals surface area contributed by atoms with Gasteiger partial charge >= 0.3 is 5.97 Å². The Morgan fingerprint density at radius 2 is 1.97 bits per heavy atom. The van der Waals surface area contributed by atoms with Crippen LogP contribution >= 0.6 is 0 Å². The summed E-state index contributed by atoms with van der Waals surface area (Å²) in [5, 5.41) is 0. The van der Waals surface area contributed by atoms with Gasteiger partial charge in [-0.2, -0.15) is 0 Å². The van der Waals surface area contributed by atoms with Crippen molar-refractivity contribution < 1.29 is 32.2 Å². The van der Waals surface area contributed by atoms with Crippen molar-refractivity contribution in [3.63, 3.8) is 0 Å². The number of carbonyl (C=O) groups excluding carboxylic acids is 2. The summed E-state index contributed by atoms with van der Waals surface area (Å²) in [5.74, 6) is -0.317. The van der Waals surface area contributed by atoms with E-state index < -0.39 is 22.4 Å². The number of esters is 1. The summed E-state index contributed by atoms with van der Waals surface area (Å²) in [4.78, 5) is 26.1. The molecule has 0 bridgehead atoms. The molecule has 0 aliphatic carbocycles. The van der Waals surface area contributed by atoms with Gasteiger partial charge in [0.15, 0.2) is 16.4 Å². The molecular formula is C20H27NO7S. The van der Waals surface area contributed by atoms with Crippen LogP contribution in [0.25, 0.3) is 0 Å². The van der Waals surface area contributed by atoms with Gasteiger partial charge in [-0.3, -0.25) is 4.79 Å². The van der Waals surface area contributed by atoms with Crippen LogP contribution in [0, 0.1) is 0 Å². The van der Waals surface area contributed by atoms with Gasteiger partial charge in [0.25, 0.3) is 5.91 Å². The lowest BCUT2D eigenvalue weighted by Gasteiger charge is -2.26. The number of rotatable bonds is 8. The fourth-order valence-electron chi connectivity index (χ4n) is 3.61. The first-order chi connectivity index (χ1) is 13.9. The normalized spacial score (nSPS) is 22.9. The highest BCUT2D eigenvalue weighted by molar-refractivity contribution is 7.91. The predicted octanol–water partition coefficient (Wildman–Crippen LogP) is 1.44. The van der Waals surface area contributed by atoms with Crippen LogP contribution < -0.4 is 4.74 Å². The van der Waals surface area contributed by atoms with Crippen molar-refractivity contribution in [2.24, 2.45) is 0 Å². The third kappa shape index (κ3) is 5.93.